The third-order valence-corrected chi connectivity index (χ3v) is 7.60. The summed E-state index contributed by atoms with van der Waals surface area (Å²) in [5, 5.41) is 2.50. The van der Waals surface area contributed by atoms with E-state index in [1.807, 2.05) is 18.5 Å². The average molecular weight is 490 g/mol. The van der Waals surface area contributed by atoms with Gasteiger partial charge in [0.2, 0.25) is 0 Å². The molecule has 6 rings (SSSR count). The number of anilines is 1. The van der Waals surface area contributed by atoms with Gasteiger partial charge in [0.05, 0.1) is 5.52 Å². The van der Waals surface area contributed by atoms with Crippen molar-refractivity contribution >= 4 is 43.6 Å². The number of likely N-dealkylation sites (tertiary alicyclic amines) is 1. The molecular formula is C26H28BrN5. The van der Waals surface area contributed by atoms with Gasteiger partial charge in [-0.25, -0.2) is 4.98 Å². The minimum atomic E-state index is 0.738. The second kappa shape index (κ2) is 8.49. The molecule has 1 N–H and O–H groups in total. The molecule has 6 heteroatoms. The lowest BCUT2D eigenvalue weighted by Gasteiger charge is -2.37. The SMILES string of the molecule is Brc1ccc2c(c1)[nH]c1cc(Cc3cccnc3)nc(N3CCC(N4CCCC4)CC3)c12. The number of nitrogens with one attached hydrogen (secondary N) is 1. The van der Waals surface area contributed by atoms with E-state index in [9.17, 15) is 0 Å². The van der Waals surface area contributed by atoms with Crippen LogP contribution in [-0.2, 0) is 6.42 Å². The third kappa shape index (κ3) is 3.80. The molecule has 2 saturated heterocycles. The van der Waals surface area contributed by atoms with Crippen molar-refractivity contribution < 1.29 is 0 Å². The molecule has 5 nitrogen and oxygen atoms in total. The van der Waals surface area contributed by atoms with Crippen LogP contribution in [0.1, 0.15) is 36.9 Å². The molecule has 0 unspecified atom stereocenters. The highest BCUT2D eigenvalue weighted by atomic mass is 79.9. The summed E-state index contributed by atoms with van der Waals surface area (Å²) in [5.41, 5.74) is 4.61. The van der Waals surface area contributed by atoms with Gasteiger partial charge in [0, 0.05) is 64.4 Å². The number of fused-ring (bicyclic) bond motifs is 3. The quantitative estimate of drug-likeness (QED) is 0.409. The van der Waals surface area contributed by atoms with Gasteiger partial charge in [-0.05, 0) is 68.6 Å². The van der Waals surface area contributed by atoms with Crippen molar-refractivity contribution in [2.24, 2.45) is 0 Å². The lowest BCUT2D eigenvalue weighted by Crippen LogP contribution is -2.44. The Labute approximate surface area is 197 Å². The van der Waals surface area contributed by atoms with Crippen molar-refractivity contribution in [3.8, 4) is 0 Å². The Morgan fingerprint density at radius 2 is 1.84 bits per heavy atom. The summed E-state index contributed by atoms with van der Waals surface area (Å²) < 4.78 is 1.09. The maximum absolute atomic E-state index is 5.24. The molecule has 1 aromatic carbocycles. The molecule has 2 aliphatic heterocycles. The number of nitrogens with zero attached hydrogens (tertiary/aromatic N) is 4. The number of benzene rings is 1. The summed E-state index contributed by atoms with van der Waals surface area (Å²) in [6.07, 6.45) is 9.74. The number of aromatic amines is 1. The predicted molar refractivity (Wildman–Crippen MR) is 134 cm³/mol. The fraction of sp³-hybridized carbons (Fsp3) is 0.385. The molecular weight excluding hydrogens is 462 g/mol. The first-order valence-corrected chi connectivity index (χ1v) is 12.5. The lowest BCUT2D eigenvalue weighted by molar-refractivity contribution is 0.208. The van der Waals surface area contributed by atoms with E-state index < -0.39 is 0 Å². The molecule has 0 aliphatic carbocycles. The Morgan fingerprint density at radius 3 is 2.62 bits per heavy atom. The Bertz CT molecular complexity index is 1240. The van der Waals surface area contributed by atoms with Crippen LogP contribution >= 0.6 is 15.9 Å². The van der Waals surface area contributed by atoms with E-state index in [4.69, 9.17) is 4.98 Å². The summed E-state index contributed by atoms with van der Waals surface area (Å²) in [4.78, 5) is 18.4. The molecule has 2 fully saturated rings. The van der Waals surface area contributed by atoms with E-state index in [1.165, 1.54) is 60.6 Å². The summed E-state index contributed by atoms with van der Waals surface area (Å²) in [6.45, 7) is 4.71. The van der Waals surface area contributed by atoms with E-state index in [0.717, 1.165) is 47.1 Å². The first-order chi connectivity index (χ1) is 15.7. The molecule has 5 heterocycles. The summed E-state index contributed by atoms with van der Waals surface area (Å²) >= 11 is 3.62. The zero-order chi connectivity index (χ0) is 21.5. The lowest BCUT2D eigenvalue weighted by atomic mass is 10.0. The van der Waals surface area contributed by atoms with E-state index in [2.05, 4.69) is 66.0 Å². The second-order valence-electron chi connectivity index (χ2n) is 9.17. The topological polar surface area (TPSA) is 48.1 Å². The van der Waals surface area contributed by atoms with Gasteiger partial charge in [-0.1, -0.05) is 28.1 Å². The standard InChI is InChI=1S/C26H28BrN5/c27-19-5-6-22-23(15-19)30-24-16-20(14-18-4-3-9-28-17-18)29-26(25(22)24)32-12-7-21(8-13-32)31-10-1-2-11-31/h3-6,9,15-17,21,30H,1-2,7-8,10-14H2. The predicted octanol–water partition coefficient (Wildman–Crippen LogP) is 5.53. The number of pyridine rings is 2. The average Bonchev–Trinajstić information content (AvgIpc) is 3.47. The van der Waals surface area contributed by atoms with Gasteiger partial charge in [-0.2, -0.15) is 0 Å². The number of aromatic nitrogens is 3. The number of H-pyrrole nitrogens is 1. The van der Waals surface area contributed by atoms with Crippen LogP contribution in [0.4, 0.5) is 5.82 Å². The Balaban J connectivity index is 1.39. The zero-order valence-corrected chi connectivity index (χ0v) is 19.8. The number of piperidine rings is 1. The molecule has 2 aliphatic rings. The third-order valence-electron chi connectivity index (χ3n) is 7.10. The highest BCUT2D eigenvalue weighted by molar-refractivity contribution is 9.10. The van der Waals surface area contributed by atoms with Gasteiger partial charge >= 0.3 is 0 Å². The van der Waals surface area contributed by atoms with Gasteiger partial charge in [0.25, 0.3) is 0 Å². The smallest absolute Gasteiger partial charge is 0.138 e. The van der Waals surface area contributed by atoms with Gasteiger partial charge < -0.3 is 14.8 Å². The Kier molecular flexibility index (Phi) is 5.35. The van der Waals surface area contributed by atoms with Crippen LogP contribution in [0, 0.1) is 0 Å². The number of halogens is 1. The normalized spacial score (nSPS) is 18.2. The summed E-state index contributed by atoms with van der Waals surface area (Å²) in [6, 6.07) is 13.6. The van der Waals surface area contributed by atoms with Crippen molar-refractivity contribution in [3.05, 3.63) is 64.5 Å². The highest BCUT2D eigenvalue weighted by Crippen LogP contribution is 2.36. The van der Waals surface area contributed by atoms with Crippen LogP contribution < -0.4 is 4.90 Å². The molecule has 0 bridgehead atoms. The van der Waals surface area contributed by atoms with Gasteiger partial charge in [-0.15, -0.1) is 0 Å². The van der Waals surface area contributed by atoms with Crippen molar-refractivity contribution in [1.82, 2.24) is 19.9 Å². The first-order valence-electron chi connectivity index (χ1n) is 11.7. The molecule has 0 saturated carbocycles. The van der Waals surface area contributed by atoms with Crippen LogP contribution in [0.15, 0.2) is 53.3 Å². The van der Waals surface area contributed by atoms with Crippen molar-refractivity contribution in [2.75, 3.05) is 31.1 Å². The fourth-order valence-corrected chi connectivity index (χ4v) is 5.87. The van der Waals surface area contributed by atoms with E-state index >= 15 is 0 Å². The van der Waals surface area contributed by atoms with Gasteiger partial charge in [0.15, 0.2) is 0 Å². The van der Waals surface area contributed by atoms with Crippen LogP contribution in [0.25, 0.3) is 21.8 Å². The molecule has 0 atom stereocenters. The molecule has 0 spiro atoms. The summed E-state index contributed by atoms with van der Waals surface area (Å²) in [5.74, 6) is 1.13. The molecule has 4 aromatic rings. The zero-order valence-electron chi connectivity index (χ0n) is 18.2. The second-order valence-corrected chi connectivity index (χ2v) is 10.1. The number of hydrogen-bond acceptors (Lipinski definition) is 4. The maximum atomic E-state index is 5.24. The van der Waals surface area contributed by atoms with Crippen LogP contribution in [0.3, 0.4) is 0 Å². The van der Waals surface area contributed by atoms with E-state index in [-0.39, 0.29) is 0 Å². The minimum Gasteiger partial charge on any atom is -0.356 e. The molecule has 164 valence electrons. The van der Waals surface area contributed by atoms with Gasteiger partial charge in [-0.3, -0.25) is 4.98 Å². The van der Waals surface area contributed by atoms with Crippen LogP contribution in [0.5, 0.6) is 0 Å². The first kappa shape index (κ1) is 20.2. The van der Waals surface area contributed by atoms with E-state index in [1.54, 1.807) is 0 Å². The van der Waals surface area contributed by atoms with Crippen LogP contribution in [0.2, 0.25) is 0 Å². The van der Waals surface area contributed by atoms with Crippen LogP contribution in [-0.4, -0.2) is 52.1 Å². The van der Waals surface area contributed by atoms with Crippen molar-refractivity contribution in [2.45, 2.75) is 38.1 Å². The monoisotopic (exact) mass is 489 g/mol. The Hall–Kier alpha value is -2.44. The van der Waals surface area contributed by atoms with E-state index in [0.29, 0.717) is 0 Å². The molecule has 32 heavy (non-hydrogen) atoms. The maximum Gasteiger partial charge on any atom is 0.138 e. The molecule has 3 aromatic heterocycles. The molecule has 0 amide bonds. The fourth-order valence-electron chi connectivity index (χ4n) is 5.51. The Morgan fingerprint density at radius 1 is 1.00 bits per heavy atom. The minimum absolute atomic E-state index is 0.738. The van der Waals surface area contributed by atoms with Crippen molar-refractivity contribution in [1.29, 1.82) is 0 Å². The number of hydrogen-bond donors (Lipinski definition) is 1. The number of rotatable bonds is 4. The summed E-state index contributed by atoms with van der Waals surface area (Å²) in [7, 11) is 0. The highest BCUT2D eigenvalue weighted by Gasteiger charge is 2.28. The van der Waals surface area contributed by atoms with Crippen molar-refractivity contribution in [3.63, 3.8) is 0 Å². The largest absolute Gasteiger partial charge is 0.356 e. The van der Waals surface area contributed by atoms with Gasteiger partial charge in [0.1, 0.15) is 5.82 Å². The molecule has 0 radical (unpaired) electrons.